The molecule has 0 spiro atoms. The van der Waals surface area contributed by atoms with Crippen molar-refractivity contribution >= 4 is 22.9 Å². The largest absolute Gasteiger partial charge is 0.457 e. The highest BCUT2D eigenvalue weighted by atomic mass is 32.2. The van der Waals surface area contributed by atoms with Crippen LogP contribution in [0.3, 0.4) is 0 Å². The van der Waals surface area contributed by atoms with Gasteiger partial charge >= 0.3 is 0 Å². The number of ether oxygens (including phenoxy) is 1. The molecular formula is C18H13N3O3S. The first kappa shape index (κ1) is 15.7. The minimum Gasteiger partial charge on any atom is -0.457 e. The molecule has 1 aromatic heterocycles. The molecule has 2 aliphatic rings. The van der Waals surface area contributed by atoms with Crippen molar-refractivity contribution in [2.24, 2.45) is 0 Å². The molecular weight excluding hydrogens is 338 g/mol. The van der Waals surface area contributed by atoms with Gasteiger partial charge in [0, 0.05) is 18.2 Å². The fourth-order valence-electron chi connectivity index (χ4n) is 3.31. The lowest BCUT2D eigenvalue weighted by atomic mass is 9.97. The molecule has 1 aliphatic heterocycles. The van der Waals surface area contributed by atoms with Gasteiger partial charge in [0.2, 0.25) is 5.91 Å². The fourth-order valence-corrected chi connectivity index (χ4v) is 4.31. The summed E-state index contributed by atoms with van der Waals surface area (Å²) < 4.78 is 5.82. The number of hydrogen-bond acceptors (Lipinski definition) is 6. The lowest BCUT2D eigenvalue weighted by Crippen LogP contribution is -2.27. The number of benzene rings is 1. The standard InChI is InChI=1S/C18H13N3O3S/c19-9-11-8-13(5-6-20-11)24-12-2-4-14-10(7-12)1-3-15(14)16-17(22)21-18(23)25-16/h2,4-8,15-16H,1,3H2,(H,21,22,23)/t15-,16?/m1/s1. The molecule has 2 amide bonds. The quantitative estimate of drug-likeness (QED) is 0.913. The van der Waals surface area contributed by atoms with E-state index in [2.05, 4.69) is 10.3 Å². The smallest absolute Gasteiger partial charge is 0.286 e. The van der Waals surface area contributed by atoms with Gasteiger partial charge in [-0.1, -0.05) is 17.8 Å². The van der Waals surface area contributed by atoms with Crippen LogP contribution < -0.4 is 10.1 Å². The number of carbonyl (C=O) groups excluding carboxylic acids is 2. The summed E-state index contributed by atoms with van der Waals surface area (Å²) in [5.74, 6) is 1.08. The van der Waals surface area contributed by atoms with Crippen LogP contribution in [0.15, 0.2) is 36.5 Å². The number of rotatable bonds is 3. The first-order valence-corrected chi connectivity index (χ1v) is 8.70. The second kappa shape index (κ2) is 6.22. The third kappa shape index (κ3) is 2.96. The number of hydrogen-bond donors (Lipinski definition) is 1. The summed E-state index contributed by atoms with van der Waals surface area (Å²) in [6, 6.07) is 11.0. The summed E-state index contributed by atoms with van der Waals surface area (Å²) in [4.78, 5) is 27.3. The molecule has 0 radical (unpaired) electrons. The van der Waals surface area contributed by atoms with Crippen molar-refractivity contribution in [3.63, 3.8) is 0 Å². The third-order valence-electron chi connectivity index (χ3n) is 4.40. The molecule has 2 atom stereocenters. The number of thioether (sulfide) groups is 1. The number of pyridine rings is 1. The van der Waals surface area contributed by atoms with Crippen LogP contribution in [-0.2, 0) is 11.2 Å². The van der Waals surface area contributed by atoms with Gasteiger partial charge in [0.15, 0.2) is 0 Å². The first-order valence-electron chi connectivity index (χ1n) is 7.82. The van der Waals surface area contributed by atoms with E-state index >= 15 is 0 Å². The van der Waals surface area contributed by atoms with Gasteiger partial charge in [0.25, 0.3) is 5.24 Å². The second-order valence-electron chi connectivity index (χ2n) is 5.91. The molecule has 7 heteroatoms. The highest BCUT2D eigenvalue weighted by Gasteiger charge is 2.41. The second-order valence-corrected chi connectivity index (χ2v) is 7.03. The molecule has 0 saturated carbocycles. The molecule has 1 N–H and O–H groups in total. The van der Waals surface area contributed by atoms with Gasteiger partial charge in [-0.25, -0.2) is 4.98 Å². The number of fused-ring (bicyclic) bond motifs is 1. The number of amides is 2. The Morgan fingerprint density at radius 3 is 2.84 bits per heavy atom. The van der Waals surface area contributed by atoms with Gasteiger partial charge in [-0.2, -0.15) is 5.26 Å². The summed E-state index contributed by atoms with van der Waals surface area (Å²) in [5.41, 5.74) is 2.53. The van der Waals surface area contributed by atoms with Crippen LogP contribution in [-0.4, -0.2) is 21.4 Å². The monoisotopic (exact) mass is 351 g/mol. The Bertz CT molecular complexity index is 922. The van der Waals surface area contributed by atoms with E-state index in [4.69, 9.17) is 10.00 Å². The number of nitriles is 1. The molecule has 0 bridgehead atoms. The Balaban J connectivity index is 1.56. The van der Waals surface area contributed by atoms with Crippen LogP contribution in [0.1, 0.15) is 29.2 Å². The maximum Gasteiger partial charge on any atom is 0.286 e. The van der Waals surface area contributed by atoms with Gasteiger partial charge in [-0.15, -0.1) is 0 Å². The Hall–Kier alpha value is -2.85. The number of aryl methyl sites for hydroxylation is 1. The summed E-state index contributed by atoms with van der Waals surface area (Å²) >= 11 is 1.08. The van der Waals surface area contributed by atoms with Gasteiger partial charge < -0.3 is 4.74 Å². The molecule has 1 aliphatic carbocycles. The number of nitrogens with one attached hydrogen (secondary N) is 1. The lowest BCUT2D eigenvalue weighted by Gasteiger charge is -2.16. The van der Waals surface area contributed by atoms with Crippen LogP contribution in [0.25, 0.3) is 0 Å². The Kier molecular flexibility index (Phi) is 3.90. The van der Waals surface area contributed by atoms with Crippen LogP contribution in [0.5, 0.6) is 11.5 Å². The number of nitrogens with zero attached hydrogens (tertiary/aromatic N) is 2. The number of imide groups is 1. The topological polar surface area (TPSA) is 92.1 Å². The Morgan fingerprint density at radius 1 is 1.24 bits per heavy atom. The van der Waals surface area contributed by atoms with Gasteiger partial charge in [0.05, 0.1) is 0 Å². The average Bonchev–Trinajstić information content (AvgIpc) is 3.17. The third-order valence-corrected chi connectivity index (χ3v) is 5.52. The summed E-state index contributed by atoms with van der Waals surface area (Å²) in [6.45, 7) is 0. The predicted octanol–water partition coefficient (Wildman–Crippen LogP) is 3.13. The van der Waals surface area contributed by atoms with Gasteiger partial charge in [0.1, 0.15) is 28.5 Å². The van der Waals surface area contributed by atoms with Gasteiger partial charge in [-0.3, -0.25) is 14.9 Å². The van der Waals surface area contributed by atoms with Crippen LogP contribution in [0, 0.1) is 11.3 Å². The van der Waals surface area contributed by atoms with E-state index < -0.39 is 0 Å². The van der Waals surface area contributed by atoms with Gasteiger partial charge in [-0.05, 0) is 42.2 Å². The van der Waals surface area contributed by atoms with Crippen molar-refractivity contribution in [2.75, 3.05) is 0 Å². The molecule has 6 nitrogen and oxygen atoms in total. The summed E-state index contributed by atoms with van der Waals surface area (Å²) in [5, 5.41) is 10.6. The molecule has 2 aromatic rings. The highest BCUT2D eigenvalue weighted by Crippen LogP contribution is 2.43. The summed E-state index contributed by atoms with van der Waals surface area (Å²) in [7, 11) is 0. The molecule has 1 saturated heterocycles. The Labute approximate surface area is 148 Å². The minimum atomic E-state index is -0.348. The number of carbonyl (C=O) groups is 2. The zero-order valence-electron chi connectivity index (χ0n) is 13.1. The minimum absolute atomic E-state index is 0.0478. The average molecular weight is 351 g/mol. The molecule has 4 rings (SSSR count). The SMILES string of the molecule is N#Cc1cc(Oc2ccc3c(c2)CC[C@H]3C2SC(=O)NC2=O)ccn1. The molecule has 1 fully saturated rings. The fraction of sp³-hybridized carbons (Fsp3) is 0.222. The van der Waals surface area contributed by atoms with E-state index in [1.807, 2.05) is 24.3 Å². The summed E-state index contributed by atoms with van der Waals surface area (Å²) in [6.07, 6.45) is 3.21. The van der Waals surface area contributed by atoms with E-state index in [9.17, 15) is 9.59 Å². The van der Waals surface area contributed by atoms with E-state index in [1.165, 1.54) is 6.20 Å². The van der Waals surface area contributed by atoms with Crippen molar-refractivity contribution in [1.82, 2.24) is 10.3 Å². The van der Waals surface area contributed by atoms with Crippen LogP contribution in [0.2, 0.25) is 0 Å². The van der Waals surface area contributed by atoms with E-state index in [-0.39, 0.29) is 22.3 Å². The van der Waals surface area contributed by atoms with Crippen molar-refractivity contribution in [3.8, 4) is 17.6 Å². The normalized spacial score (nSPS) is 21.6. The van der Waals surface area contributed by atoms with E-state index in [0.29, 0.717) is 17.2 Å². The lowest BCUT2D eigenvalue weighted by molar-refractivity contribution is -0.119. The first-order chi connectivity index (χ1) is 12.1. The van der Waals surface area contributed by atoms with Crippen molar-refractivity contribution < 1.29 is 14.3 Å². The molecule has 2 heterocycles. The zero-order valence-corrected chi connectivity index (χ0v) is 13.9. The predicted molar refractivity (Wildman–Crippen MR) is 91.4 cm³/mol. The van der Waals surface area contributed by atoms with Crippen molar-refractivity contribution in [2.45, 2.75) is 24.0 Å². The maximum atomic E-state index is 11.9. The van der Waals surface area contributed by atoms with Crippen LogP contribution >= 0.6 is 11.8 Å². The zero-order chi connectivity index (χ0) is 17.4. The maximum absolute atomic E-state index is 11.9. The molecule has 1 unspecified atom stereocenters. The number of aromatic nitrogens is 1. The highest BCUT2D eigenvalue weighted by molar-refractivity contribution is 8.15. The molecule has 25 heavy (non-hydrogen) atoms. The van der Waals surface area contributed by atoms with E-state index in [1.54, 1.807) is 12.1 Å². The van der Waals surface area contributed by atoms with Crippen molar-refractivity contribution in [3.05, 3.63) is 53.3 Å². The Morgan fingerprint density at radius 2 is 2.08 bits per heavy atom. The van der Waals surface area contributed by atoms with Crippen molar-refractivity contribution in [1.29, 1.82) is 5.26 Å². The van der Waals surface area contributed by atoms with Crippen LogP contribution in [0.4, 0.5) is 4.79 Å². The molecule has 1 aromatic carbocycles. The molecule has 124 valence electrons. The van der Waals surface area contributed by atoms with E-state index in [0.717, 1.165) is 35.7 Å².